The summed E-state index contributed by atoms with van der Waals surface area (Å²) in [5.74, 6) is -2.34. The van der Waals surface area contributed by atoms with E-state index in [1.54, 1.807) is 27.7 Å². The van der Waals surface area contributed by atoms with Crippen LogP contribution in [0.5, 0.6) is 0 Å². The summed E-state index contributed by atoms with van der Waals surface area (Å²) in [6.45, 7) is 7.54. The van der Waals surface area contributed by atoms with E-state index in [-0.39, 0.29) is 6.42 Å². The average Bonchev–Trinajstić information content (AvgIpc) is 2.37. The molecule has 0 saturated heterocycles. The van der Waals surface area contributed by atoms with Gasteiger partial charge in [-0.25, -0.2) is 12.7 Å². The Hall–Kier alpha value is -1.15. The minimum Gasteiger partial charge on any atom is -0.481 e. The molecule has 0 heterocycles. The number of aliphatic carboxylic acids is 1. The molecule has 0 saturated carbocycles. The fraction of sp³-hybridized carbons (Fsp3) is 0.846. The average molecular weight is 322 g/mol. The molecule has 7 nitrogen and oxygen atoms in total. The molecule has 8 heteroatoms. The van der Waals surface area contributed by atoms with E-state index in [1.165, 1.54) is 4.31 Å². The van der Waals surface area contributed by atoms with E-state index in [1.807, 2.05) is 0 Å². The second-order valence-electron chi connectivity index (χ2n) is 4.95. The number of carboxylic acids is 1. The molecule has 0 aliphatic heterocycles. The Morgan fingerprint density at radius 1 is 1.10 bits per heavy atom. The van der Waals surface area contributed by atoms with E-state index in [0.29, 0.717) is 25.9 Å². The number of nitrogens with zero attached hydrogens (tertiary/aromatic N) is 1. The fourth-order valence-electron chi connectivity index (χ4n) is 2.22. The number of carbonyl (C=O) groups is 2. The van der Waals surface area contributed by atoms with E-state index in [2.05, 4.69) is 5.32 Å². The van der Waals surface area contributed by atoms with Crippen molar-refractivity contribution in [1.29, 1.82) is 0 Å². The third-order valence-electron chi connectivity index (χ3n) is 3.66. The van der Waals surface area contributed by atoms with Crippen LogP contribution in [0.4, 0.5) is 0 Å². The lowest BCUT2D eigenvalue weighted by Gasteiger charge is -2.31. The van der Waals surface area contributed by atoms with Crippen molar-refractivity contribution in [1.82, 2.24) is 9.62 Å². The molecule has 0 aliphatic carbocycles. The molecule has 0 unspecified atom stereocenters. The zero-order chi connectivity index (χ0) is 16.7. The Balaban J connectivity index is 4.98. The summed E-state index contributed by atoms with van der Waals surface area (Å²) in [5, 5.41) is 11.5. The van der Waals surface area contributed by atoms with Crippen molar-refractivity contribution < 1.29 is 23.1 Å². The maximum atomic E-state index is 12.0. The van der Waals surface area contributed by atoms with Gasteiger partial charge in [-0.3, -0.25) is 9.59 Å². The van der Waals surface area contributed by atoms with Crippen LogP contribution in [0.25, 0.3) is 0 Å². The van der Waals surface area contributed by atoms with Crippen LogP contribution in [-0.2, 0) is 19.6 Å². The second-order valence-corrected chi connectivity index (χ2v) is 6.92. The summed E-state index contributed by atoms with van der Waals surface area (Å²) >= 11 is 0. The normalized spacial score (nSPS) is 12.4. The summed E-state index contributed by atoms with van der Waals surface area (Å²) < 4.78 is 25.3. The first-order valence-corrected chi connectivity index (χ1v) is 8.77. The lowest BCUT2D eigenvalue weighted by Crippen LogP contribution is -2.51. The third-order valence-corrected chi connectivity index (χ3v) is 5.59. The first kappa shape index (κ1) is 19.9. The quantitative estimate of drug-likeness (QED) is 0.619. The number of amides is 1. The van der Waals surface area contributed by atoms with Gasteiger partial charge in [-0.15, -0.1) is 0 Å². The van der Waals surface area contributed by atoms with Gasteiger partial charge in [-0.1, -0.05) is 27.7 Å². The first-order chi connectivity index (χ1) is 9.66. The summed E-state index contributed by atoms with van der Waals surface area (Å²) in [6, 6.07) is 0. The summed E-state index contributed by atoms with van der Waals surface area (Å²) in [7, 11) is -3.67. The van der Waals surface area contributed by atoms with Crippen LogP contribution in [0, 0.1) is 0 Å². The maximum absolute atomic E-state index is 12.0. The molecule has 0 fully saturated rings. The molecular formula is C13H26N2O5S. The van der Waals surface area contributed by atoms with E-state index >= 15 is 0 Å². The van der Waals surface area contributed by atoms with Crippen molar-refractivity contribution in [2.45, 2.75) is 52.5 Å². The van der Waals surface area contributed by atoms with Gasteiger partial charge in [0.05, 0.1) is 6.42 Å². The van der Waals surface area contributed by atoms with Crippen LogP contribution in [0.15, 0.2) is 0 Å². The molecule has 0 bridgehead atoms. The highest BCUT2D eigenvalue weighted by Gasteiger charge is 2.33. The Labute approximate surface area is 126 Å². The van der Waals surface area contributed by atoms with Gasteiger partial charge in [0.1, 0.15) is 5.75 Å². The molecule has 21 heavy (non-hydrogen) atoms. The Morgan fingerprint density at radius 3 is 1.90 bits per heavy atom. The van der Waals surface area contributed by atoms with E-state index in [9.17, 15) is 18.0 Å². The minimum absolute atomic E-state index is 0.225. The number of nitrogens with one attached hydrogen (secondary N) is 1. The fourth-order valence-corrected chi connectivity index (χ4v) is 3.59. The van der Waals surface area contributed by atoms with Crippen molar-refractivity contribution in [2.75, 3.05) is 18.8 Å². The number of carboxylic acid groups (broad SMARTS) is 1. The van der Waals surface area contributed by atoms with Gasteiger partial charge in [0, 0.05) is 18.6 Å². The predicted octanol–water partition coefficient (Wildman–Crippen LogP) is 0.808. The topological polar surface area (TPSA) is 104 Å². The zero-order valence-electron chi connectivity index (χ0n) is 13.2. The standard InChI is InChI=1S/C13H26N2O5S/c1-5-13(6-2,9-12(17)18)14-11(16)10-21(19,20)15(7-3)8-4/h5-10H2,1-4H3,(H,14,16)(H,17,18). The van der Waals surface area contributed by atoms with Crippen LogP contribution in [0.3, 0.4) is 0 Å². The van der Waals surface area contributed by atoms with Crippen LogP contribution >= 0.6 is 0 Å². The van der Waals surface area contributed by atoms with Gasteiger partial charge in [-0.2, -0.15) is 0 Å². The molecule has 0 aromatic heterocycles. The van der Waals surface area contributed by atoms with Gasteiger partial charge in [0.15, 0.2) is 0 Å². The number of rotatable bonds is 10. The molecule has 124 valence electrons. The van der Waals surface area contributed by atoms with Crippen molar-refractivity contribution in [2.24, 2.45) is 0 Å². The highest BCUT2D eigenvalue weighted by atomic mass is 32.2. The summed E-state index contributed by atoms with van der Waals surface area (Å²) in [4.78, 5) is 22.9. The number of hydrogen-bond donors (Lipinski definition) is 2. The lowest BCUT2D eigenvalue weighted by atomic mass is 9.89. The van der Waals surface area contributed by atoms with Gasteiger partial charge in [0.2, 0.25) is 15.9 Å². The smallest absolute Gasteiger partial charge is 0.305 e. The zero-order valence-corrected chi connectivity index (χ0v) is 14.0. The van der Waals surface area contributed by atoms with Crippen molar-refractivity contribution in [3.63, 3.8) is 0 Å². The van der Waals surface area contributed by atoms with Crippen LogP contribution in [0.2, 0.25) is 0 Å². The van der Waals surface area contributed by atoms with Crippen molar-refractivity contribution in [3.8, 4) is 0 Å². The Bertz CT molecular complexity index is 453. The van der Waals surface area contributed by atoms with Gasteiger partial charge in [-0.05, 0) is 12.8 Å². The molecule has 0 rings (SSSR count). The van der Waals surface area contributed by atoms with Gasteiger partial charge < -0.3 is 10.4 Å². The molecule has 0 aromatic rings. The minimum atomic E-state index is -3.67. The first-order valence-electron chi connectivity index (χ1n) is 7.17. The summed E-state index contributed by atoms with van der Waals surface area (Å²) in [6.07, 6.45) is 0.622. The third kappa shape index (κ3) is 6.01. The predicted molar refractivity (Wildman–Crippen MR) is 80.4 cm³/mol. The largest absolute Gasteiger partial charge is 0.481 e. The molecule has 0 atom stereocenters. The van der Waals surface area contributed by atoms with E-state index < -0.39 is 33.2 Å². The second kappa shape index (κ2) is 8.33. The van der Waals surface area contributed by atoms with Crippen LogP contribution in [-0.4, -0.2) is 54.1 Å². The molecule has 0 aliphatic rings. The number of carbonyl (C=O) groups excluding carboxylic acids is 1. The monoisotopic (exact) mass is 322 g/mol. The lowest BCUT2D eigenvalue weighted by molar-refractivity contribution is -0.139. The van der Waals surface area contributed by atoms with E-state index in [0.717, 1.165) is 0 Å². The van der Waals surface area contributed by atoms with Gasteiger partial charge in [0.25, 0.3) is 0 Å². The van der Waals surface area contributed by atoms with Crippen LogP contribution in [0.1, 0.15) is 47.0 Å². The van der Waals surface area contributed by atoms with Crippen LogP contribution < -0.4 is 5.32 Å². The maximum Gasteiger partial charge on any atom is 0.305 e. The Kier molecular flexibility index (Phi) is 7.87. The van der Waals surface area contributed by atoms with E-state index in [4.69, 9.17) is 5.11 Å². The highest BCUT2D eigenvalue weighted by molar-refractivity contribution is 7.89. The summed E-state index contributed by atoms with van der Waals surface area (Å²) in [5.41, 5.74) is -0.901. The SMILES string of the molecule is CCN(CC)S(=O)(=O)CC(=O)NC(CC)(CC)CC(=O)O. The molecule has 0 radical (unpaired) electrons. The van der Waals surface area contributed by atoms with Gasteiger partial charge >= 0.3 is 5.97 Å². The molecule has 0 spiro atoms. The number of sulfonamides is 1. The molecule has 0 aromatic carbocycles. The molecule has 1 amide bonds. The molecular weight excluding hydrogens is 296 g/mol. The number of hydrogen-bond acceptors (Lipinski definition) is 4. The van der Waals surface area contributed by atoms with Crippen molar-refractivity contribution in [3.05, 3.63) is 0 Å². The Morgan fingerprint density at radius 2 is 1.57 bits per heavy atom. The highest BCUT2D eigenvalue weighted by Crippen LogP contribution is 2.20. The van der Waals surface area contributed by atoms with Crippen molar-refractivity contribution >= 4 is 21.9 Å². The molecule has 2 N–H and O–H groups in total.